The Morgan fingerprint density at radius 3 is 2.93 bits per heavy atom. The zero-order valence-electron chi connectivity index (χ0n) is 9.12. The second-order valence-electron chi connectivity index (χ2n) is 2.99. The van der Waals surface area contributed by atoms with E-state index in [1.807, 2.05) is 19.1 Å². The first-order valence-electron chi connectivity index (χ1n) is 4.91. The molecule has 0 aliphatic carbocycles. The van der Waals surface area contributed by atoms with Crippen LogP contribution in [0.2, 0.25) is 0 Å². The molecule has 0 bridgehead atoms. The molecule has 0 saturated heterocycles. The molecule has 1 aromatic rings. The third kappa shape index (κ3) is 3.38. The summed E-state index contributed by atoms with van der Waals surface area (Å²) in [5.74, 6) is 7.48. The zero-order valence-corrected chi connectivity index (χ0v) is 9.12. The van der Waals surface area contributed by atoms with Gasteiger partial charge in [-0.15, -0.1) is 0 Å². The van der Waals surface area contributed by atoms with Crippen molar-refractivity contribution in [2.75, 3.05) is 20.3 Å². The minimum absolute atomic E-state index is 0.548. The Bertz CT molecular complexity index is 320. The Balaban J connectivity index is 2.68. The smallest absolute Gasteiger partial charge is 0.179 e. The summed E-state index contributed by atoms with van der Waals surface area (Å²) in [6.45, 7) is 3.14. The van der Waals surface area contributed by atoms with E-state index in [-0.39, 0.29) is 0 Å². The van der Waals surface area contributed by atoms with E-state index in [9.17, 15) is 0 Å². The molecule has 0 unspecified atom stereocenters. The molecule has 3 N–H and O–H groups in total. The zero-order chi connectivity index (χ0) is 11.1. The fourth-order valence-corrected chi connectivity index (χ4v) is 1.14. The van der Waals surface area contributed by atoms with Gasteiger partial charge in [-0.05, 0) is 12.1 Å². The lowest BCUT2D eigenvalue weighted by molar-refractivity contribution is 0.208. The van der Waals surface area contributed by atoms with Gasteiger partial charge in [0, 0.05) is 13.5 Å². The summed E-state index contributed by atoms with van der Waals surface area (Å²) in [6, 6.07) is 3.77. The minimum Gasteiger partial charge on any atom is -0.458 e. The summed E-state index contributed by atoms with van der Waals surface area (Å²) < 4.78 is 10.4. The van der Waals surface area contributed by atoms with Crippen LogP contribution in [0, 0.1) is 0 Å². The number of nitrogens with two attached hydrogens (primary N) is 1. The molecule has 0 saturated carbocycles. The molecule has 0 aromatic carbocycles. The number of methoxy groups -OCH3 is 1. The molecule has 0 aliphatic rings. The minimum atomic E-state index is 0.548. The summed E-state index contributed by atoms with van der Waals surface area (Å²) in [5, 5.41) is 0. The molecule has 84 valence electrons. The average Bonchev–Trinajstić information content (AvgIpc) is 2.73. The number of hydrazine groups is 1. The highest BCUT2D eigenvalue weighted by molar-refractivity contribution is 5.95. The van der Waals surface area contributed by atoms with Gasteiger partial charge in [-0.3, -0.25) is 4.99 Å². The van der Waals surface area contributed by atoms with Gasteiger partial charge in [0.2, 0.25) is 0 Å². The van der Waals surface area contributed by atoms with Crippen LogP contribution in [0.1, 0.15) is 18.4 Å². The molecule has 5 nitrogen and oxygen atoms in total. The first kappa shape index (κ1) is 11.7. The number of nitrogens with one attached hydrogen (secondary N) is 1. The van der Waals surface area contributed by atoms with Crippen molar-refractivity contribution in [3.05, 3.63) is 23.7 Å². The summed E-state index contributed by atoms with van der Waals surface area (Å²) in [7, 11) is 1.63. The first-order chi connectivity index (χ1) is 7.31. The molecule has 0 spiro atoms. The van der Waals surface area contributed by atoms with Gasteiger partial charge in [0.25, 0.3) is 0 Å². The second-order valence-corrected chi connectivity index (χ2v) is 2.99. The number of aliphatic imine (C=N–C) groups is 1. The average molecular weight is 211 g/mol. The summed E-state index contributed by atoms with van der Waals surface area (Å²) in [5.41, 5.74) is 2.52. The number of rotatable bonds is 5. The molecule has 5 heteroatoms. The van der Waals surface area contributed by atoms with E-state index in [1.54, 1.807) is 7.11 Å². The van der Waals surface area contributed by atoms with Crippen LogP contribution >= 0.6 is 0 Å². The summed E-state index contributed by atoms with van der Waals surface area (Å²) in [4.78, 5) is 4.21. The largest absolute Gasteiger partial charge is 0.458 e. The number of aryl methyl sites for hydroxylation is 1. The Labute approximate surface area is 89.3 Å². The predicted molar refractivity (Wildman–Crippen MR) is 58.7 cm³/mol. The van der Waals surface area contributed by atoms with Crippen LogP contribution in [0.25, 0.3) is 0 Å². The highest BCUT2D eigenvalue weighted by Gasteiger charge is 2.06. The van der Waals surface area contributed by atoms with Crippen molar-refractivity contribution in [1.29, 1.82) is 0 Å². The third-order valence-electron chi connectivity index (χ3n) is 1.95. The first-order valence-corrected chi connectivity index (χ1v) is 4.91. The van der Waals surface area contributed by atoms with Crippen molar-refractivity contribution in [3.8, 4) is 0 Å². The maximum Gasteiger partial charge on any atom is 0.179 e. The highest BCUT2D eigenvalue weighted by Crippen LogP contribution is 2.08. The quantitative estimate of drug-likeness (QED) is 0.247. The van der Waals surface area contributed by atoms with Gasteiger partial charge in [0.05, 0.1) is 13.2 Å². The second kappa shape index (κ2) is 6.21. The fraction of sp³-hybridized carbons (Fsp3) is 0.500. The van der Waals surface area contributed by atoms with Gasteiger partial charge in [0.15, 0.2) is 11.6 Å². The SMILES string of the molecule is CCc1ccc(C(=NCCOC)NN)o1. The molecule has 1 rings (SSSR count). The number of furan rings is 1. The van der Waals surface area contributed by atoms with E-state index in [1.165, 1.54) is 0 Å². The van der Waals surface area contributed by atoms with Gasteiger partial charge < -0.3 is 14.6 Å². The lowest BCUT2D eigenvalue weighted by atomic mass is 10.3. The molecule has 0 fully saturated rings. The lowest BCUT2D eigenvalue weighted by Crippen LogP contribution is -2.31. The van der Waals surface area contributed by atoms with Crippen LogP contribution in [0.4, 0.5) is 0 Å². The Kier molecular flexibility index (Phi) is 4.86. The monoisotopic (exact) mass is 211 g/mol. The standard InChI is InChI=1S/C10H17N3O2/c1-3-8-4-5-9(15-8)10(13-11)12-6-7-14-2/h4-5H,3,6-7,11H2,1-2H3,(H,12,13). The van der Waals surface area contributed by atoms with Crippen LogP contribution in [0.3, 0.4) is 0 Å². The normalized spacial score (nSPS) is 11.8. The van der Waals surface area contributed by atoms with E-state index in [0.717, 1.165) is 12.2 Å². The number of hydrogen-bond donors (Lipinski definition) is 2. The molecular weight excluding hydrogens is 194 g/mol. The Hall–Kier alpha value is -1.33. The molecule has 0 radical (unpaired) electrons. The molecule has 0 aliphatic heterocycles. The maximum absolute atomic E-state index is 5.50. The van der Waals surface area contributed by atoms with Gasteiger partial charge >= 0.3 is 0 Å². The Morgan fingerprint density at radius 2 is 2.40 bits per heavy atom. The summed E-state index contributed by atoms with van der Waals surface area (Å²) in [6.07, 6.45) is 0.857. The highest BCUT2D eigenvalue weighted by atomic mass is 16.5. The van der Waals surface area contributed by atoms with E-state index >= 15 is 0 Å². The van der Waals surface area contributed by atoms with E-state index in [2.05, 4.69) is 10.4 Å². The topological polar surface area (TPSA) is 72.8 Å². The number of ether oxygens (including phenoxy) is 1. The van der Waals surface area contributed by atoms with Crippen LogP contribution < -0.4 is 11.3 Å². The van der Waals surface area contributed by atoms with Crippen molar-refractivity contribution < 1.29 is 9.15 Å². The van der Waals surface area contributed by atoms with Crippen LogP contribution in [-0.4, -0.2) is 26.1 Å². The van der Waals surface area contributed by atoms with Crippen molar-refractivity contribution in [2.24, 2.45) is 10.8 Å². The van der Waals surface area contributed by atoms with E-state index in [4.69, 9.17) is 15.0 Å². The van der Waals surface area contributed by atoms with Crippen LogP contribution in [-0.2, 0) is 11.2 Å². The van der Waals surface area contributed by atoms with Crippen molar-refractivity contribution >= 4 is 5.84 Å². The lowest BCUT2D eigenvalue weighted by Gasteiger charge is -2.02. The van der Waals surface area contributed by atoms with Crippen molar-refractivity contribution in [3.63, 3.8) is 0 Å². The number of nitrogens with zero attached hydrogens (tertiary/aromatic N) is 1. The van der Waals surface area contributed by atoms with E-state index in [0.29, 0.717) is 24.7 Å². The molecule has 1 heterocycles. The van der Waals surface area contributed by atoms with Gasteiger partial charge in [0.1, 0.15) is 5.76 Å². The van der Waals surface area contributed by atoms with Crippen molar-refractivity contribution in [1.82, 2.24) is 5.43 Å². The maximum atomic E-state index is 5.50. The number of amidine groups is 1. The van der Waals surface area contributed by atoms with Crippen LogP contribution in [0.5, 0.6) is 0 Å². The van der Waals surface area contributed by atoms with Crippen molar-refractivity contribution in [2.45, 2.75) is 13.3 Å². The summed E-state index contributed by atoms with van der Waals surface area (Å²) >= 11 is 0. The molecular formula is C10H17N3O2. The predicted octanol–water partition coefficient (Wildman–Crippen LogP) is 0.698. The third-order valence-corrected chi connectivity index (χ3v) is 1.95. The number of hydrogen-bond acceptors (Lipinski definition) is 4. The Morgan fingerprint density at radius 1 is 1.60 bits per heavy atom. The molecule has 0 atom stereocenters. The van der Waals surface area contributed by atoms with Gasteiger partial charge in [-0.1, -0.05) is 6.92 Å². The molecule has 0 amide bonds. The van der Waals surface area contributed by atoms with Gasteiger partial charge in [-0.25, -0.2) is 5.84 Å². The fourth-order valence-electron chi connectivity index (χ4n) is 1.14. The van der Waals surface area contributed by atoms with Crippen LogP contribution in [0.15, 0.2) is 21.5 Å². The molecule has 15 heavy (non-hydrogen) atoms. The van der Waals surface area contributed by atoms with E-state index < -0.39 is 0 Å². The molecule has 1 aromatic heterocycles. The van der Waals surface area contributed by atoms with Gasteiger partial charge in [-0.2, -0.15) is 0 Å².